The first-order valence-corrected chi connectivity index (χ1v) is 8.61. The largest absolute Gasteiger partial charge is 0.291 e. The van der Waals surface area contributed by atoms with Gasteiger partial charge in [0.2, 0.25) is 4.96 Å². The van der Waals surface area contributed by atoms with Crippen LogP contribution in [0.4, 0.5) is 0 Å². The number of benzene rings is 2. The molecule has 2 aromatic carbocycles. The van der Waals surface area contributed by atoms with Crippen LogP contribution in [-0.4, -0.2) is 14.6 Å². The molecule has 0 unspecified atom stereocenters. The summed E-state index contributed by atoms with van der Waals surface area (Å²) in [4.78, 5) is 17.5. The van der Waals surface area contributed by atoms with E-state index in [1.807, 2.05) is 36.4 Å². The number of hydrogen-bond donors (Lipinski definition) is 0. The summed E-state index contributed by atoms with van der Waals surface area (Å²) < 4.78 is 1.89. The van der Waals surface area contributed by atoms with Crippen molar-refractivity contribution in [3.05, 3.63) is 79.0 Å². The molecule has 0 saturated heterocycles. The average molecular weight is 374 g/mol. The second kappa shape index (κ2) is 6.02. The van der Waals surface area contributed by atoms with Crippen LogP contribution in [0.3, 0.4) is 0 Å². The fraction of sp³-hybridized carbons (Fsp3) is 0. The number of aromatic nitrogens is 3. The zero-order valence-electron chi connectivity index (χ0n) is 12.1. The highest BCUT2D eigenvalue weighted by molar-refractivity contribution is 7.15. The number of hydrogen-bond acceptors (Lipinski definition) is 4. The molecule has 4 nitrogen and oxygen atoms in total. The van der Waals surface area contributed by atoms with Crippen LogP contribution >= 0.6 is 34.5 Å². The molecule has 24 heavy (non-hydrogen) atoms. The number of fused-ring (bicyclic) bond motifs is 1. The first-order valence-electron chi connectivity index (χ1n) is 7.03. The van der Waals surface area contributed by atoms with Crippen molar-refractivity contribution in [3.63, 3.8) is 0 Å². The van der Waals surface area contributed by atoms with E-state index in [1.165, 1.54) is 15.9 Å². The number of rotatable bonds is 2. The standard InChI is InChI=1S/C17H9Cl2N3OS/c18-11-6-7-12(13(19)9-11)15-20-17-22(21-15)16(23)14(24-17)8-10-4-2-1-3-5-10/h1-9H/b14-8+. The van der Waals surface area contributed by atoms with Crippen LogP contribution in [0.25, 0.3) is 22.4 Å². The molecule has 0 spiro atoms. The Balaban J connectivity index is 1.84. The van der Waals surface area contributed by atoms with Gasteiger partial charge in [0.05, 0.1) is 9.55 Å². The predicted molar refractivity (Wildman–Crippen MR) is 97.8 cm³/mol. The van der Waals surface area contributed by atoms with E-state index in [4.69, 9.17) is 23.2 Å². The molecule has 118 valence electrons. The van der Waals surface area contributed by atoms with Crippen LogP contribution in [-0.2, 0) is 0 Å². The summed E-state index contributed by atoms with van der Waals surface area (Å²) in [5.74, 6) is 0.409. The summed E-state index contributed by atoms with van der Waals surface area (Å²) >= 11 is 13.4. The summed E-state index contributed by atoms with van der Waals surface area (Å²) in [5, 5.41) is 5.28. The highest BCUT2D eigenvalue weighted by Crippen LogP contribution is 2.28. The van der Waals surface area contributed by atoms with Gasteiger partial charge in [0, 0.05) is 10.6 Å². The molecule has 0 amide bonds. The minimum Gasteiger partial charge on any atom is -0.266 e. The zero-order chi connectivity index (χ0) is 16.7. The van der Waals surface area contributed by atoms with Gasteiger partial charge >= 0.3 is 0 Å². The Morgan fingerprint density at radius 2 is 1.88 bits per heavy atom. The van der Waals surface area contributed by atoms with Gasteiger partial charge in [0.25, 0.3) is 5.56 Å². The maximum absolute atomic E-state index is 12.5. The van der Waals surface area contributed by atoms with Gasteiger partial charge in [-0.25, -0.2) is 0 Å². The van der Waals surface area contributed by atoms with Crippen molar-refractivity contribution in [2.45, 2.75) is 0 Å². The highest BCUT2D eigenvalue weighted by atomic mass is 35.5. The minimum atomic E-state index is -0.192. The van der Waals surface area contributed by atoms with E-state index in [2.05, 4.69) is 10.1 Å². The van der Waals surface area contributed by atoms with Crippen molar-refractivity contribution in [1.29, 1.82) is 0 Å². The van der Waals surface area contributed by atoms with E-state index in [0.29, 0.717) is 30.9 Å². The normalized spacial score (nSPS) is 12.2. The van der Waals surface area contributed by atoms with E-state index in [9.17, 15) is 4.79 Å². The molecule has 0 aliphatic heterocycles. The lowest BCUT2D eigenvalue weighted by Gasteiger charge is -1.98. The average Bonchev–Trinajstić information content (AvgIpc) is 3.09. The number of halogens is 2. The van der Waals surface area contributed by atoms with E-state index < -0.39 is 0 Å². The number of nitrogens with zero attached hydrogens (tertiary/aromatic N) is 3. The predicted octanol–water partition coefficient (Wildman–Crippen LogP) is 3.67. The molecule has 0 N–H and O–H groups in total. The maximum Gasteiger partial charge on any atom is 0.291 e. The number of thiazole rings is 1. The SMILES string of the molecule is O=c1/c(=C\c2ccccc2)sc2nc(-c3ccc(Cl)cc3Cl)nn12. The second-order valence-electron chi connectivity index (χ2n) is 5.08. The van der Waals surface area contributed by atoms with Gasteiger partial charge in [-0.05, 0) is 29.8 Å². The lowest BCUT2D eigenvalue weighted by molar-refractivity contribution is 0.937. The van der Waals surface area contributed by atoms with Crippen molar-refractivity contribution < 1.29 is 0 Å². The third kappa shape index (κ3) is 2.71. The molecule has 2 aromatic heterocycles. The highest BCUT2D eigenvalue weighted by Gasteiger charge is 2.14. The molecule has 0 saturated carbocycles. The lowest BCUT2D eigenvalue weighted by atomic mass is 10.2. The fourth-order valence-corrected chi connectivity index (χ4v) is 3.72. The second-order valence-corrected chi connectivity index (χ2v) is 6.93. The summed E-state index contributed by atoms with van der Waals surface area (Å²) in [6.07, 6.45) is 1.83. The van der Waals surface area contributed by atoms with Gasteiger partial charge in [-0.15, -0.1) is 5.10 Å². The fourth-order valence-electron chi connectivity index (χ4n) is 2.32. The summed E-state index contributed by atoms with van der Waals surface area (Å²) in [6, 6.07) is 14.7. The monoisotopic (exact) mass is 373 g/mol. The third-order valence-corrected chi connectivity index (χ3v) is 4.96. The maximum atomic E-state index is 12.5. The first kappa shape index (κ1) is 15.3. The van der Waals surface area contributed by atoms with Crippen molar-refractivity contribution in [2.24, 2.45) is 0 Å². The lowest BCUT2D eigenvalue weighted by Crippen LogP contribution is -2.23. The summed E-state index contributed by atoms with van der Waals surface area (Å²) in [5.41, 5.74) is 1.41. The molecule has 0 bridgehead atoms. The van der Waals surface area contributed by atoms with Crippen LogP contribution in [0, 0.1) is 0 Å². The van der Waals surface area contributed by atoms with Crippen LogP contribution in [0.2, 0.25) is 10.0 Å². The van der Waals surface area contributed by atoms with Gasteiger partial charge in [-0.2, -0.15) is 9.50 Å². The molecule has 0 fully saturated rings. The van der Waals surface area contributed by atoms with E-state index in [0.717, 1.165) is 5.56 Å². The van der Waals surface area contributed by atoms with Gasteiger partial charge in [-0.3, -0.25) is 4.79 Å². The van der Waals surface area contributed by atoms with Gasteiger partial charge in [-0.1, -0.05) is 64.9 Å². The molecule has 4 aromatic rings. The Labute approximate surface area is 150 Å². The topological polar surface area (TPSA) is 47.3 Å². The minimum absolute atomic E-state index is 0.192. The van der Waals surface area contributed by atoms with Crippen molar-refractivity contribution in [1.82, 2.24) is 14.6 Å². The van der Waals surface area contributed by atoms with Crippen LogP contribution in [0.5, 0.6) is 0 Å². The summed E-state index contributed by atoms with van der Waals surface area (Å²) in [7, 11) is 0. The summed E-state index contributed by atoms with van der Waals surface area (Å²) in [6.45, 7) is 0. The Bertz CT molecular complexity index is 1150. The first-order chi connectivity index (χ1) is 11.6. The Morgan fingerprint density at radius 1 is 1.08 bits per heavy atom. The van der Waals surface area contributed by atoms with Crippen molar-refractivity contribution in [3.8, 4) is 11.4 Å². The van der Waals surface area contributed by atoms with Gasteiger partial charge in [0.1, 0.15) is 0 Å². The molecular formula is C17H9Cl2N3OS. The Kier molecular flexibility index (Phi) is 3.84. The Hall–Kier alpha value is -2.21. The quantitative estimate of drug-likeness (QED) is 0.538. The van der Waals surface area contributed by atoms with E-state index >= 15 is 0 Å². The molecule has 0 aliphatic rings. The van der Waals surface area contributed by atoms with Crippen molar-refractivity contribution >= 4 is 45.6 Å². The smallest absolute Gasteiger partial charge is 0.266 e. The Morgan fingerprint density at radius 3 is 2.58 bits per heavy atom. The molecule has 0 aliphatic carbocycles. The van der Waals surface area contributed by atoms with E-state index in [-0.39, 0.29) is 5.56 Å². The molecule has 7 heteroatoms. The molecule has 2 heterocycles. The third-order valence-electron chi connectivity index (χ3n) is 3.45. The van der Waals surface area contributed by atoms with Gasteiger partial charge in [0.15, 0.2) is 5.82 Å². The molecule has 0 atom stereocenters. The molecular weight excluding hydrogens is 365 g/mol. The van der Waals surface area contributed by atoms with Crippen LogP contribution < -0.4 is 10.1 Å². The van der Waals surface area contributed by atoms with Crippen molar-refractivity contribution in [2.75, 3.05) is 0 Å². The van der Waals surface area contributed by atoms with Crippen LogP contribution in [0.1, 0.15) is 5.56 Å². The molecule has 4 rings (SSSR count). The van der Waals surface area contributed by atoms with E-state index in [1.54, 1.807) is 18.2 Å². The zero-order valence-corrected chi connectivity index (χ0v) is 14.4. The van der Waals surface area contributed by atoms with Gasteiger partial charge < -0.3 is 0 Å². The van der Waals surface area contributed by atoms with Crippen LogP contribution in [0.15, 0.2) is 53.3 Å². The molecule has 0 radical (unpaired) electrons.